The van der Waals surface area contributed by atoms with Gasteiger partial charge in [-0.25, -0.2) is 4.98 Å². The Morgan fingerprint density at radius 3 is 2.49 bits per heavy atom. The van der Waals surface area contributed by atoms with Crippen LogP contribution in [0.15, 0.2) is 103 Å². The summed E-state index contributed by atoms with van der Waals surface area (Å²) in [6.07, 6.45) is 3.10. The summed E-state index contributed by atoms with van der Waals surface area (Å²) in [5.74, 6) is 0.601. The van der Waals surface area contributed by atoms with Crippen LogP contribution in [-0.4, -0.2) is 9.97 Å². The fourth-order valence-electron chi connectivity index (χ4n) is 5.07. The van der Waals surface area contributed by atoms with E-state index in [1.54, 1.807) is 6.20 Å². The zero-order valence-electron chi connectivity index (χ0n) is 18.8. The Morgan fingerprint density at radius 1 is 0.686 bits per heavy atom. The quantitative estimate of drug-likeness (QED) is 0.312. The van der Waals surface area contributed by atoms with Crippen LogP contribution in [0.3, 0.4) is 0 Å². The van der Waals surface area contributed by atoms with Gasteiger partial charge < -0.3 is 15.4 Å². The van der Waals surface area contributed by atoms with Gasteiger partial charge in [-0.1, -0.05) is 60.7 Å². The van der Waals surface area contributed by atoms with E-state index in [0.717, 1.165) is 22.6 Å². The molecule has 3 atom stereocenters. The van der Waals surface area contributed by atoms with Crippen molar-refractivity contribution in [3.05, 3.63) is 126 Å². The van der Waals surface area contributed by atoms with Crippen LogP contribution < -0.4 is 20.7 Å². The van der Waals surface area contributed by atoms with Crippen LogP contribution >= 0.6 is 0 Å². The monoisotopic (exact) mass is 457 g/mol. The van der Waals surface area contributed by atoms with Crippen molar-refractivity contribution in [2.24, 2.45) is 0 Å². The molecule has 5 aromatic rings. The first-order valence-electron chi connectivity index (χ1n) is 11.8. The van der Waals surface area contributed by atoms with Crippen molar-refractivity contribution in [3.8, 4) is 5.88 Å². The van der Waals surface area contributed by atoms with E-state index in [-0.39, 0.29) is 18.4 Å². The molecule has 3 unspecified atom stereocenters. The highest BCUT2D eigenvalue weighted by Crippen LogP contribution is 2.41. The molecule has 0 fully saturated rings. The van der Waals surface area contributed by atoms with Crippen molar-refractivity contribution >= 4 is 22.1 Å². The molecule has 0 radical (unpaired) electrons. The molecule has 170 valence electrons. The third-order valence-corrected chi connectivity index (χ3v) is 6.72. The van der Waals surface area contributed by atoms with Gasteiger partial charge in [0.15, 0.2) is 0 Å². The molecule has 0 amide bonds. The summed E-state index contributed by atoms with van der Waals surface area (Å²) in [5, 5.41) is 13.4. The molecule has 0 spiro atoms. The molecule has 2 aliphatic heterocycles. The second-order valence-corrected chi connectivity index (χ2v) is 8.85. The number of nitrogens with one attached hydrogen (secondary N) is 3. The molecule has 0 bridgehead atoms. The number of benzene rings is 3. The van der Waals surface area contributed by atoms with E-state index in [4.69, 9.17) is 4.74 Å². The van der Waals surface area contributed by atoms with Crippen LogP contribution in [0.4, 0.5) is 11.4 Å². The molecule has 7 rings (SSSR count). The number of rotatable bonds is 3. The van der Waals surface area contributed by atoms with E-state index < -0.39 is 0 Å². The van der Waals surface area contributed by atoms with Gasteiger partial charge >= 0.3 is 0 Å². The van der Waals surface area contributed by atoms with Crippen molar-refractivity contribution in [1.29, 1.82) is 0 Å². The SMILES string of the molecule is c1ccc(C2NC(c3ccnc(C4Nc5cccnc5O4)c3)Nc3ccc4ccccc4c32)cc1. The highest BCUT2D eigenvalue weighted by molar-refractivity contribution is 5.91. The van der Waals surface area contributed by atoms with E-state index in [2.05, 4.69) is 98.7 Å². The Balaban J connectivity index is 1.27. The van der Waals surface area contributed by atoms with Crippen molar-refractivity contribution in [2.75, 3.05) is 10.6 Å². The van der Waals surface area contributed by atoms with Crippen LogP contribution in [0.5, 0.6) is 5.88 Å². The lowest BCUT2D eigenvalue weighted by atomic mass is 9.89. The van der Waals surface area contributed by atoms with E-state index in [1.165, 1.54) is 21.9 Å². The van der Waals surface area contributed by atoms with Crippen molar-refractivity contribution in [3.63, 3.8) is 0 Å². The molecule has 6 heteroatoms. The average Bonchev–Trinajstić information content (AvgIpc) is 3.37. The Morgan fingerprint density at radius 2 is 1.57 bits per heavy atom. The second-order valence-electron chi connectivity index (χ2n) is 8.85. The smallest absolute Gasteiger partial charge is 0.239 e. The van der Waals surface area contributed by atoms with Crippen molar-refractivity contribution in [1.82, 2.24) is 15.3 Å². The summed E-state index contributed by atoms with van der Waals surface area (Å²) < 4.78 is 6.00. The number of hydrogen-bond acceptors (Lipinski definition) is 6. The minimum Gasteiger partial charge on any atom is -0.446 e. The number of hydrogen-bond donors (Lipinski definition) is 3. The first-order valence-corrected chi connectivity index (χ1v) is 11.8. The number of fused-ring (bicyclic) bond motifs is 4. The molecule has 3 N–H and O–H groups in total. The highest BCUT2D eigenvalue weighted by Gasteiger charge is 2.31. The predicted molar refractivity (Wildman–Crippen MR) is 137 cm³/mol. The number of pyridine rings is 2. The normalized spacial score (nSPS) is 20.3. The lowest BCUT2D eigenvalue weighted by molar-refractivity contribution is 0.245. The lowest BCUT2D eigenvalue weighted by Crippen LogP contribution is -2.37. The summed E-state index contributed by atoms with van der Waals surface area (Å²) in [4.78, 5) is 8.89. The summed E-state index contributed by atoms with van der Waals surface area (Å²) in [7, 11) is 0. The molecule has 0 saturated heterocycles. The summed E-state index contributed by atoms with van der Waals surface area (Å²) in [5.41, 5.74) is 6.40. The van der Waals surface area contributed by atoms with Crippen LogP contribution in [0.1, 0.15) is 40.8 Å². The number of anilines is 2. The first-order chi connectivity index (χ1) is 17.3. The van der Waals surface area contributed by atoms with Gasteiger partial charge in [0.05, 0.1) is 6.04 Å². The molecule has 35 heavy (non-hydrogen) atoms. The average molecular weight is 458 g/mol. The Hall–Kier alpha value is -4.42. The zero-order valence-corrected chi connectivity index (χ0v) is 18.8. The van der Waals surface area contributed by atoms with E-state index in [9.17, 15) is 0 Å². The van der Waals surface area contributed by atoms with E-state index >= 15 is 0 Å². The molecule has 0 aliphatic carbocycles. The predicted octanol–water partition coefficient (Wildman–Crippen LogP) is 5.94. The minimum atomic E-state index is -0.371. The van der Waals surface area contributed by atoms with Crippen LogP contribution in [0.2, 0.25) is 0 Å². The third kappa shape index (κ3) is 3.47. The molecule has 6 nitrogen and oxygen atoms in total. The largest absolute Gasteiger partial charge is 0.446 e. The Kier molecular flexibility index (Phi) is 4.63. The zero-order chi connectivity index (χ0) is 23.2. The maximum atomic E-state index is 6.00. The van der Waals surface area contributed by atoms with E-state index in [0.29, 0.717) is 5.88 Å². The number of ether oxygens (including phenoxy) is 1. The number of nitrogens with zero attached hydrogens (tertiary/aromatic N) is 2. The standard InChI is InChI=1S/C29H23N5O/c1-2-8-19(9-3-1)26-25-21-10-5-4-7-18(21)12-13-22(25)32-27(34-26)20-14-16-30-24(17-20)29-33-23-11-6-15-31-28(23)35-29/h1-17,26-27,29,32-34H. The lowest BCUT2D eigenvalue weighted by Gasteiger charge is -2.36. The second kappa shape index (κ2) is 8.11. The molecule has 0 saturated carbocycles. The van der Waals surface area contributed by atoms with Gasteiger partial charge in [-0.05, 0) is 52.2 Å². The first kappa shape index (κ1) is 20.0. The van der Waals surface area contributed by atoms with Crippen molar-refractivity contribution < 1.29 is 4.74 Å². The molecule has 2 aliphatic rings. The Labute approximate surface area is 203 Å². The Bertz CT molecular complexity index is 1510. The van der Waals surface area contributed by atoms with Crippen LogP contribution in [0.25, 0.3) is 10.8 Å². The van der Waals surface area contributed by atoms with Gasteiger partial charge in [0, 0.05) is 23.6 Å². The maximum absolute atomic E-state index is 6.00. The van der Waals surface area contributed by atoms with Gasteiger partial charge in [0.1, 0.15) is 17.5 Å². The third-order valence-electron chi connectivity index (χ3n) is 6.72. The van der Waals surface area contributed by atoms with Gasteiger partial charge in [-0.15, -0.1) is 0 Å². The number of aromatic nitrogens is 2. The summed E-state index contributed by atoms with van der Waals surface area (Å²) in [6.45, 7) is 0. The molecule has 3 aromatic carbocycles. The summed E-state index contributed by atoms with van der Waals surface area (Å²) >= 11 is 0. The van der Waals surface area contributed by atoms with Gasteiger partial charge in [-0.3, -0.25) is 10.3 Å². The summed E-state index contributed by atoms with van der Waals surface area (Å²) in [6, 6.07) is 31.6. The van der Waals surface area contributed by atoms with E-state index in [1.807, 2.05) is 24.4 Å². The highest BCUT2D eigenvalue weighted by atomic mass is 16.5. The fourth-order valence-corrected chi connectivity index (χ4v) is 5.07. The molecular weight excluding hydrogens is 434 g/mol. The molecular formula is C29H23N5O. The van der Waals surface area contributed by atoms with Gasteiger partial charge in [-0.2, -0.15) is 0 Å². The van der Waals surface area contributed by atoms with Crippen molar-refractivity contribution in [2.45, 2.75) is 18.4 Å². The van der Waals surface area contributed by atoms with Gasteiger partial charge in [0.2, 0.25) is 12.1 Å². The minimum absolute atomic E-state index is 0.0366. The fraction of sp³-hybridized carbons (Fsp3) is 0.103. The van der Waals surface area contributed by atoms with Crippen LogP contribution in [0, 0.1) is 0 Å². The molecule has 4 heterocycles. The van der Waals surface area contributed by atoms with Crippen LogP contribution in [-0.2, 0) is 0 Å². The topological polar surface area (TPSA) is 71.1 Å². The van der Waals surface area contributed by atoms with Gasteiger partial charge in [0.25, 0.3) is 0 Å². The maximum Gasteiger partial charge on any atom is 0.239 e. The molecule has 2 aromatic heterocycles.